The third-order valence-corrected chi connectivity index (χ3v) is 8.96. The molecule has 0 N–H and O–H groups in total. The van der Waals surface area contributed by atoms with Crippen molar-refractivity contribution in [3.8, 4) is 11.4 Å². The molecule has 0 unspecified atom stereocenters. The Hall–Kier alpha value is -2.58. The van der Waals surface area contributed by atoms with Crippen molar-refractivity contribution in [3.05, 3.63) is 71.3 Å². The lowest BCUT2D eigenvalue weighted by atomic mass is 10.1. The van der Waals surface area contributed by atoms with Crippen molar-refractivity contribution in [2.75, 3.05) is 11.5 Å². The molecule has 2 heterocycles. The van der Waals surface area contributed by atoms with Crippen LogP contribution in [-0.4, -0.2) is 41.0 Å². The van der Waals surface area contributed by atoms with Crippen molar-refractivity contribution in [2.24, 2.45) is 0 Å². The summed E-state index contributed by atoms with van der Waals surface area (Å²) >= 11 is 3.65. The van der Waals surface area contributed by atoms with Gasteiger partial charge in [-0.1, -0.05) is 87.3 Å². The molecule has 4 rings (SSSR count). The Labute approximate surface area is 248 Å². The van der Waals surface area contributed by atoms with E-state index in [9.17, 15) is 0 Å². The predicted molar refractivity (Wildman–Crippen MR) is 169 cm³/mol. The second-order valence-electron chi connectivity index (χ2n) is 10.5. The maximum Gasteiger partial charge on any atom is 0.195 e. The van der Waals surface area contributed by atoms with Crippen LogP contribution in [0.15, 0.2) is 58.8 Å². The first kappa shape index (κ1) is 30.4. The summed E-state index contributed by atoms with van der Waals surface area (Å²) in [5.41, 5.74) is 4.81. The van der Waals surface area contributed by atoms with Crippen LogP contribution in [0.1, 0.15) is 88.0 Å². The summed E-state index contributed by atoms with van der Waals surface area (Å²) in [4.78, 5) is 0. The Balaban J connectivity index is 1.45. The number of unbranched alkanes of at least 4 members (excludes halogenated alkanes) is 5. The number of hydrogen-bond donors (Lipinski definition) is 0. The van der Waals surface area contributed by atoms with Gasteiger partial charge >= 0.3 is 0 Å². The number of aromatic nitrogens is 6. The zero-order valence-electron chi connectivity index (χ0n) is 24.6. The molecule has 0 bridgehead atoms. The van der Waals surface area contributed by atoms with Crippen molar-refractivity contribution < 1.29 is 0 Å². The molecule has 0 amide bonds. The van der Waals surface area contributed by atoms with Crippen LogP contribution in [0, 0.1) is 13.8 Å². The normalized spacial score (nSPS) is 11.4. The number of hydrogen-bond acceptors (Lipinski definition) is 6. The van der Waals surface area contributed by atoms with Gasteiger partial charge in [-0.05, 0) is 74.9 Å². The summed E-state index contributed by atoms with van der Waals surface area (Å²) in [7, 11) is 0. The quantitative estimate of drug-likeness (QED) is 0.0926. The molecule has 6 nitrogen and oxygen atoms in total. The number of aryl methyl sites for hydroxylation is 4. The molecule has 0 saturated heterocycles. The van der Waals surface area contributed by atoms with Crippen molar-refractivity contribution in [3.63, 3.8) is 0 Å². The molecule has 0 aliphatic carbocycles. The van der Waals surface area contributed by atoms with E-state index in [2.05, 4.69) is 106 Å². The number of thioether (sulfide) groups is 2. The summed E-state index contributed by atoms with van der Waals surface area (Å²) in [6.45, 7) is 8.77. The van der Waals surface area contributed by atoms with Crippen LogP contribution in [0.4, 0.5) is 0 Å². The second-order valence-corrected chi connectivity index (χ2v) is 12.6. The van der Waals surface area contributed by atoms with Crippen molar-refractivity contribution in [2.45, 2.75) is 102 Å². The van der Waals surface area contributed by atoms with E-state index >= 15 is 0 Å². The first-order chi connectivity index (χ1) is 19.6. The number of nitrogens with zero attached hydrogens (tertiary/aromatic N) is 6. The van der Waals surface area contributed by atoms with Crippen molar-refractivity contribution in [1.82, 2.24) is 29.5 Å². The van der Waals surface area contributed by atoms with Gasteiger partial charge in [0.25, 0.3) is 0 Å². The molecular weight excluding hydrogens is 533 g/mol. The molecule has 0 spiro atoms. The third kappa shape index (κ3) is 8.46. The molecule has 0 radical (unpaired) electrons. The van der Waals surface area contributed by atoms with E-state index in [1.807, 2.05) is 23.5 Å². The molecule has 214 valence electrons. The zero-order valence-corrected chi connectivity index (χ0v) is 26.2. The van der Waals surface area contributed by atoms with Crippen LogP contribution >= 0.6 is 23.5 Å². The van der Waals surface area contributed by atoms with Gasteiger partial charge in [0.2, 0.25) is 0 Å². The minimum atomic E-state index is 0.883. The van der Waals surface area contributed by atoms with Gasteiger partial charge in [-0.3, -0.25) is 9.13 Å². The molecule has 8 heteroatoms. The molecular formula is C32H44N6S2. The highest BCUT2D eigenvalue weighted by Crippen LogP contribution is 2.27. The largest absolute Gasteiger partial charge is 0.274 e. The van der Waals surface area contributed by atoms with E-state index in [0.29, 0.717) is 0 Å². The Kier molecular flexibility index (Phi) is 12.2. The fraction of sp³-hybridized carbons (Fsp3) is 0.500. The SMILES string of the molecule is CCCCCSc1nnc(CCCCc2nnc(SCCCCC)n2-c2cccc(C)c2)n1-c1cccc(C)c1. The molecule has 2 aromatic carbocycles. The lowest BCUT2D eigenvalue weighted by molar-refractivity contribution is 0.664. The molecule has 0 saturated carbocycles. The fourth-order valence-corrected chi connectivity index (χ4v) is 6.70. The van der Waals surface area contributed by atoms with Gasteiger partial charge in [0.15, 0.2) is 10.3 Å². The van der Waals surface area contributed by atoms with Crippen molar-refractivity contribution in [1.29, 1.82) is 0 Å². The zero-order chi connectivity index (χ0) is 28.2. The van der Waals surface area contributed by atoms with Crippen LogP contribution in [-0.2, 0) is 12.8 Å². The molecule has 4 aromatic rings. The van der Waals surface area contributed by atoms with Crippen LogP contribution in [0.25, 0.3) is 11.4 Å². The minimum Gasteiger partial charge on any atom is -0.274 e. The summed E-state index contributed by atoms with van der Waals surface area (Å²) in [5.74, 6) is 4.22. The minimum absolute atomic E-state index is 0.883. The summed E-state index contributed by atoms with van der Waals surface area (Å²) in [6.07, 6.45) is 11.2. The molecule has 2 aromatic heterocycles. The summed E-state index contributed by atoms with van der Waals surface area (Å²) in [6, 6.07) is 17.3. The number of benzene rings is 2. The average molecular weight is 577 g/mol. The maximum atomic E-state index is 4.65. The highest BCUT2D eigenvalue weighted by Gasteiger charge is 2.17. The average Bonchev–Trinajstić information content (AvgIpc) is 3.55. The first-order valence-electron chi connectivity index (χ1n) is 14.9. The van der Waals surface area contributed by atoms with E-state index in [0.717, 1.165) is 70.5 Å². The smallest absolute Gasteiger partial charge is 0.195 e. The lowest BCUT2D eigenvalue weighted by Crippen LogP contribution is -2.06. The van der Waals surface area contributed by atoms with Gasteiger partial charge in [0.1, 0.15) is 11.6 Å². The Morgan fingerprint density at radius 1 is 0.575 bits per heavy atom. The van der Waals surface area contributed by atoms with Crippen LogP contribution in [0.2, 0.25) is 0 Å². The summed E-state index contributed by atoms with van der Waals surface area (Å²) in [5, 5.41) is 20.5. The maximum absolute atomic E-state index is 4.65. The molecule has 0 fully saturated rings. The van der Waals surface area contributed by atoms with Crippen molar-refractivity contribution >= 4 is 23.5 Å². The highest BCUT2D eigenvalue weighted by atomic mass is 32.2. The Morgan fingerprint density at radius 3 is 1.43 bits per heavy atom. The highest BCUT2D eigenvalue weighted by molar-refractivity contribution is 7.99. The second kappa shape index (κ2) is 16.0. The van der Waals surface area contributed by atoms with Gasteiger partial charge < -0.3 is 0 Å². The Morgan fingerprint density at radius 2 is 1.02 bits per heavy atom. The third-order valence-electron chi connectivity index (χ3n) is 6.93. The van der Waals surface area contributed by atoms with Gasteiger partial charge in [0.05, 0.1) is 0 Å². The Bertz CT molecular complexity index is 1230. The fourth-order valence-electron chi connectivity index (χ4n) is 4.76. The van der Waals surface area contributed by atoms with Gasteiger partial charge in [-0.25, -0.2) is 0 Å². The summed E-state index contributed by atoms with van der Waals surface area (Å²) < 4.78 is 4.54. The van der Waals surface area contributed by atoms with E-state index in [1.54, 1.807) is 0 Å². The van der Waals surface area contributed by atoms with E-state index in [-0.39, 0.29) is 0 Å². The standard InChI is InChI=1S/C32H44N6S2/c1-5-7-11-21-39-31-35-33-29(37(31)27-17-13-15-25(3)23-27)19-9-10-20-30-34-36-32(40-22-12-8-6-2)38(30)28-18-14-16-26(4)24-28/h13-18,23-24H,5-12,19-22H2,1-4H3. The van der Waals surface area contributed by atoms with Crippen LogP contribution in [0.3, 0.4) is 0 Å². The topological polar surface area (TPSA) is 61.4 Å². The van der Waals surface area contributed by atoms with Gasteiger partial charge in [-0.2, -0.15) is 0 Å². The van der Waals surface area contributed by atoms with E-state index in [4.69, 9.17) is 0 Å². The van der Waals surface area contributed by atoms with Gasteiger partial charge in [0, 0.05) is 35.7 Å². The molecule has 0 aliphatic rings. The van der Waals surface area contributed by atoms with Crippen LogP contribution in [0.5, 0.6) is 0 Å². The monoisotopic (exact) mass is 576 g/mol. The lowest BCUT2D eigenvalue weighted by Gasteiger charge is -2.12. The van der Waals surface area contributed by atoms with E-state index < -0.39 is 0 Å². The van der Waals surface area contributed by atoms with E-state index in [1.165, 1.54) is 49.7 Å². The molecule has 0 atom stereocenters. The first-order valence-corrected chi connectivity index (χ1v) is 16.9. The molecule has 40 heavy (non-hydrogen) atoms. The van der Waals surface area contributed by atoms with Gasteiger partial charge in [-0.15, -0.1) is 20.4 Å². The van der Waals surface area contributed by atoms with Crippen LogP contribution < -0.4 is 0 Å². The number of rotatable bonds is 17. The predicted octanol–water partition coefficient (Wildman–Crippen LogP) is 8.59. The molecule has 0 aliphatic heterocycles.